The molecule has 0 spiro atoms. The molecule has 1 fully saturated rings. The Morgan fingerprint density at radius 3 is 2.75 bits per heavy atom. The molecule has 2 N–H and O–H groups in total. The molecule has 16 heavy (non-hydrogen) atoms. The highest BCUT2D eigenvalue weighted by molar-refractivity contribution is 5.79. The van der Waals surface area contributed by atoms with Crippen molar-refractivity contribution in [2.75, 3.05) is 13.2 Å². The zero-order valence-corrected chi connectivity index (χ0v) is 8.98. The Morgan fingerprint density at radius 1 is 1.44 bits per heavy atom. The zero-order chi connectivity index (χ0) is 11.4. The average molecular weight is 221 g/mol. The lowest BCUT2D eigenvalue weighted by molar-refractivity contribution is -0.145. The van der Waals surface area contributed by atoms with Crippen molar-refractivity contribution in [2.45, 2.75) is 18.4 Å². The Kier molecular flexibility index (Phi) is 3.10. The van der Waals surface area contributed by atoms with Gasteiger partial charge in [-0.3, -0.25) is 10.1 Å². The third-order valence-electron chi connectivity index (χ3n) is 2.88. The first kappa shape index (κ1) is 11.0. The van der Waals surface area contributed by atoms with Gasteiger partial charge in [-0.2, -0.15) is 0 Å². The van der Waals surface area contributed by atoms with E-state index in [0.29, 0.717) is 12.2 Å². The second-order valence-electron chi connectivity index (χ2n) is 4.02. The highest BCUT2D eigenvalue weighted by Gasteiger charge is 2.42. The molecule has 0 saturated carbocycles. The van der Waals surface area contributed by atoms with Crippen molar-refractivity contribution in [3.63, 3.8) is 0 Å². The van der Waals surface area contributed by atoms with E-state index in [4.69, 9.17) is 4.74 Å². The number of ether oxygens (including phenoxy) is 1. The second-order valence-corrected chi connectivity index (χ2v) is 4.02. The summed E-state index contributed by atoms with van der Waals surface area (Å²) in [6, 6.07) is 9.28. The van der Waals surface area contributed by atoms with E-state index in [-0.39, 0.29) is 6.61 Å². The van der Waals surface area contributed by atoms with Crippen molar-refractivity contribution in [1.82, 2.24) is 5.32 Å². The van der Waals surface area contributed by atoms with E-state index in [2.05, 4.69) is 5.32 Å². The minimum absolute atomic E-state index is 0.173. The van der Waals surface area contributed by atoms with Gasteiger partial charge >= 0.3 is 5.97 Å². The summed E-state index contributed by atoms with van der Waals surface area (Å²) in [5, 5.41) is 12.2. The second kappa shape index (κ2) is 4.53. The van der Waals surface area contributed by atoms with Gasteiger partial charge in [0.05, 0.1) is 0 Å². The highest BCUT2D eigenvalue weighted by atomic mass is 16.5. The molecule has 1 saturated heterocycles. The Morgan fingerprint density at radius 2 is 2.19 bits per heavy atom. The fraction of sp³-hybridized carbons (Fsp3) is 0.417. The van der Waals surface area contributed by atoms with E-state index in [1.807, 2.05) is 30.3 Å². The van der Waals surface area contributed by atoms with Gasteiger partial charge in [-0.15, -0.1) is 0 Å². The van der Waals surface area contributed by atoms with Gasteiger partial charge in [0.25, 0.3) is 0 Å². The zero-order valence-electron chi connectivity index (χ0n) is 8.98. The van der Waals surface area contributed by atoms with E-state index in [9.17, 15) is 9.90 Å². The Balaban J connectivity index is 2.00. The number of nitrogens with one attached hydrogen (secondary N) is 1. The molecular weight excluding hydrogens is 206 g/mol. The van der Waals surface area contributed by atoms with Crippen molar-refractivity contribution < 1.29 is 14.6 Å². The van der Waals surface area contributed by atoms with Gasteiger partial charge in [0, 0.05) is 0 Å². The maximum Gasteiger partial charge on any atom is 0.327 e. The summed E-state index contributed by atoms with van der Waals surface area (Å²) in [7, 11) is 0. The lowest BCUT2D eigenvalue weighted by Gasteiger charge is -2.24. The van der Waals surface area contributed by atoms with Crippen molar-refractivity contribution in [1.29, 1.82) is 0 Å². The van der Waals surface area contributed by atoms with Crippen molar-refractivity contribution in [3.05, 3.63) is 30.3 Å². The van der Waals surface area contributed by atoms with Crippen LogP contribution in [0.3, 0.4) is 0 Å². The van der Waals surface area contributed by atoms with Crippen LogP contribution in [-0.2, 0) is 4.79 Å². The van der Waals surface area contributed by atoms with Crippen molar-refractivity contribution >= 4 is 5.97 Å². The summed E-state index contributed by atoms with van der Waals surface area (Å²) in [4.78, 5) is 11.2. The molecular formula is C12H15NO3. The van der Waals surface area contributed by atoms with Gasteiger partial charge in [0.15, 0.2) is 5.54 Å². The Labute approximate surface area is 94.2 Å². The normalized spacial score (nSPS) is 24.2. The predicted octanol–water partition coefficient (Wildman–Crippen LogP) is 1.27. The van der Waals surface area contributed by atoms with Gasteiger partial charge in [-0.05, 0) is 31.5 Å². The molecule has 1 aromatic rings. The molecule has 0 aliphatic carbocycles. The molecule has 1 heterocycles. The number of carboxylic acids is 1. The molecule has 1 unspecified atom stereocenters. The number of para-hydroxylation sites is 1. The van der Waals surface area contributed by atoms with Gasteiger partial charge in [0.1, 0.15) is 12.4 Å². The largest absolute Gasteiger partial charge is 0.491 e. The third kappa shape index (κ3) is 2.17. The molecule has 2 rings (SSSR count). The number of benzene rings is 1. The molecule has 1 atom stereocenters. The van der Waals surface area contributed by atoms with Crippen LogP contribution >= 0.6 is 0 Å². The molecule has 1 aliphatic rings. The monoisotopic (exact) mass is 221 g/mol. The van der Waals surface area contributed by atoms with Crippen LogP contribution < -0.4 is 10.1 Å². The smallest absolute Gasteiger partial charge is 0.327 e. The molecule has 0 radical (unpaired) electrons. The van der Waals surface area contributed by atoms with Gasteiger partial charge in [0.2, 0.25) is 0 Å². The van der Waals surface area contributed by atoms with E-state index in [0.717, 1.165) is 13.0 Å². The average Bonchev–Trinajstić information content (AvgIpc) is 2.78. The summed E-state index contributed by atoms with van der Waals surface area (Å²) < 4.78 is 5.51. The standard InChI is InChI=1S/C12H15NO3/c14-11(15)12(7-4-8-13-12)9-16-10-5-2-1-3-6-10/h1-3,5-6,13H,4,7-9H2,(H,14,15). The van der Waals surface area contributed by atoms with Crippen molar-refractivity contribution in [3.8, 4) is 5.75 Å². The Bertz CT molecular complexity index is 358. The van der Waals surface area contributed by atoms with Crippen molar-refractivity contribution in [2.24, 2.45) is 0 Å². The number of hydrogen-bond donors (Lipinski definition) is 2. The first-order valence-electron chi connectivity index (χ1n) is 5.39. The molecule has 86 valence electrons. The van der Waals surface area contributed by atoms with Crippen LogP contribution in [0.2, 0.25) is 0 Å². The molecule has 0 bridgehead atoms. The van der Waals surface area contributed by atoms with Crippen LogP contribution in [0.4, 0.5) is 0 Å². The van der Waals surface area contributed by atoms with E-state index in [1.54, 1.807) is 0 Å². The molecule has 4 nitrogen and oxygen atoms in total. The fourth-order valence-electron chi connectivity index (χ4n) is 1.90. The number of carbonyl (C=O) groups is 1. The van der Waals surface area contributed by atoms with Crippen LogP contribution in [0.1, 0.15) is 12.8 Å². The minimum atomic E-state index is -0.907. The summed E-state index contributed by atoms with van der Waals surface area (Å²) in [6.45, 7) is 0.913. The third-order valence-corrected chi connectivity index (χ3v) is 2.88. The van der Waals surface area contributed by atoms with E-state index >= 15 is 0 Å². The number of hydrogen-bond acceptors (Lipinski definition) is 3. The van der Waals surface area contributed by atoms with Crippen LogP contribution in [-0.4, -0.2) is 29.8 Å². The number of rotatable bonds is 4. The number of aliphatic carboxylic acids is 1. The van der Waals surface area contributed by atoms with Crippen LogP contribution in [0.15, 0.2) is 30.3 Å². The molecule has 1 aliphatic heterocycles. The summed E-state index contributed by atoms with van der Waals surface area (Å²) in [6.07, 6.45) is 1.50. The molecule has 0 amide bonds. The van der Waals surface area contributed by atoms with E-state index in [1.165, 1.54) is 0 Å². The van der Waals surface area contributed by atoms with Crippen LogP contribution in [0.25, 0.3) is 0 Å². The fourth-order valence-corrected chi connectivity index (χ4v) is 1.90. The summed E-state index contributed by atoms with van der Waals surface area (Å²) in [5.41, 5.74) is -0.907. The first-order chi connectivity index (χ1) is 7.73. The van der Waals surface area contributed by atoms with E-state index < -0.39 is 11.5 Å². The van der Waals surface area contributed by atoms with Gasteiger partial charge in [-0.25, -0.2) is 0 Å². The first-order valence-corrected chi connectivity index (χ1v) is 5.39. The molecule has 1 aromatic carbocycles. The highest BCUT2D eigenvalue weighted by Crippen LogP contribution is 2.21. The predicted molar refractivity (Wildman–Crippen MR) is 59.5 cm³/mol. The molecule has 4 heteroatoms. The van der Waals surface area contributed by atoms with Crippen LogP contribution in [0.5, 0.6) is 5.75 Å². The van der Waals surface area contributed by atoms with Gasteiger partial charge < -0.3 is 9.84 Å². The summed E-state index contributed by atoms with van der Waals surface area (Å²) >= 11 is 0. The maximum absolute atomic E-state index is 11.2. The quantitative estimate of drug-likeness (QED) is 0.804. The number of carboxylic acid groups (broad SMARTS) is 1. The lowest BCUT2D eigenvalue weighted by Crippen LogP contribution is -2.52. The topological polar surface area (TPSA) is 58.6 Å². The van der Waals surface area contributed by atoms with Gasteiger partial charge in [-0.1, -0.05) is 18.2 Å². The molecule has 0 aromatic heterocycles. The SMILES string of the molecule is O=C(O)C1(COc2ccccc2)CCCN1. The van der Waals surface area contributed by atoms with Crippen LogP contribution in [0, 0.1) is 0 Å². The Hall–Kier alpha value is -1.55. The summed E-state index contributed by atoms with van der Waals surface area (Å²) in [5.74, 6) is -0.127. The lowest BCUT2D eigenvalue weighted by atomic mass is 9.99. The maximum atomic E-state index is 11.2. The minimum Gasteiger partial charge on any atom is -0.491 e.